The number of thiazole rings is 1. The maximum Gasteiger partial charge on any atom is 0.271 e. The Kier molecular flexibility index (Phi) is 4.31. The minimum atomic E-state index is -0.289. The largest absolute Gasteiger partial charge is 0.344 e. The molecule has 3 rings (SSSR count). The molecular weight excluding hydrogens is 319 g/mol. The highest BCUT2D eigenvalue weighted by Crippen LogP contribution is 2.28. The van der Waals surface area contributed by atoms with Crippen molar-refractivity contribution < 1.29 is 9.18 Å². The van der Waals surface area contributed by atoms with E-state index in [1.54, 1.807) is 28.8 Å². The van der Waals surface area contributed by atoms with Gasteiger partial charge in [-0.2, -0.15) is 0 Å². The van der Waals surface area contributed by atoms with Crippen molar-refractivity contribution in [3.05, 3.63) is 64.2 Å². The Hall–Kier alpha value is -2.05. The molecule has 3 nitrogen and oxygen atoms in total. The summed E-state index contributed by atoms with van der Waals surface area (Å²) >= 11 is 3.04. The SMILES string of the molecule is C[C@H](NC(=O)c1csc(-c2cccs2)n1)c1ccc(F)cc1. The van der Waals surface area contributed by atoms with Gasteiger partial charge in [0.05, 0.1) is 10.9 Å². The highest BCUT2D eigenvalue weighted by atomic mass is 32.1. The van der Waals surface area contributed by atoms with Gasteiger partial charge in [-0.3, -0.25) is 4.79 Å². The second-order valence-corrected chi connectivity index (χ2v) is 6.57. The summed E-state index contributed by atoms with van der Waals surface area (Å²) in [5, 5.41) is 7.45. The predicted molar refractivity (Wildman–Crippen MR) is 87.7 cm³/mol. The van der Waals surface area contributed by atoms with E-state index in [0.717, 1.165) is 15.4 Å². The van der Waals surface area contributed by atoms with E-state index in [9.17, 15) is 9.18 Å². The summed E-state index contributed by atoms with van der Waals surface area (Å²) in [5.41, 5.74) is 1.26. The van der Waals surface area contributed by atoms with E-state index >= 15 is 0 Å². The number of nitrogens with one attached hydrogen (secondary N) is 1. The first-order valence-electron chi connectivity index (χ1n) is 6.69. The Morgan fingerprint density at radius 3 is 2.68 bits per heavy atom. The molecular formula is C16H13FN2OS2. The molecule has 1 amide bonds. The number of rotatable bonds is 4. The Bertz CT molecular complexity index is 766. The molecule has 1 atom stereocenters. The van der Waals surface area contributed by atoms with Crippen LogP contribution in [0.2, 0.25) is 0 Å². The van der Waals surface area contributed by atoms with Crippen LogP contribution in [0.25, 0.3) is 9.88 Å². The van der Waals surface area contributed by atoms with Gasteiger partial charge in [0.15, 0.2) is 0 Å². The zero-order chi connectivity index (χ0) is 15.5. The van der Waals surface area contributed by atoms with Gasteiger partial charge in [0.25, 0.3) is 5.91 Å². The molecule has 22 heavy (non-hydrogen) atoms. The number of amides is 1. The van der Waals surface area contributed by atoms with Gasteiger partial charge in [-0.05, 0) is 36.1 Å². The van der Waals surface area contributed by atoms with Gasteiger partial charge in [-0.15, -0.1) is 22.7 Å². The quantitative estimate of drug-likeness (QED) is 0.764. The Morgan fingerprint density at radius 1 is 1.23 bits per heavy atom. The van der Waals surface area contributed by atoms with Crippen LogP contribution >= 0.6 is 22.7 Å². The van der Waals surface area contributed by atoms with Crippen LogP contribution in [0, 0.1) is 5.82 Å². The molecule has 0 spiro atoms. The number of carbonyl (C=O) groups excluding carboxylic acids is 1. The van der Waals surface area contributed by atoms with Gasteiger partial charge < -0.3 is 5.32 Å². The number of benzene rings is 1. The number of halogens is 1. The molecule has 2 aromatic heterocycles. The van der Waals surface area contributed by atoms with E-state index in [0.29, 0.717) is 5.69 Å². The summed E-state index contributed by atoms with van der Waals surface area (Å²) in [6, 6.07) is 9.83. The van der Waals surface area contributed by atoms with E-state index in [-0.39, 0.29) is 17.8 Å². The Balaban J connectivity index is 1.70. The average molecular weight is 332 g/mol. The molecule has 112 valence electrons. The fraction of sp³-hybridized carbons (Fsp3) is 0.125. The van der Waals surface area contributed by atoms with Crippen molar-refractivity contribution in [2.45, 2.75) is 13.0 Å². The minimum Gasteiger partial charge on any atom is -0.344 e. The number of thiophene rings is 1. The number of hydrogen-bond donors (Lipinski definition) is 1. The van der Waals surface area contributed by atoms with Crippen LogP contribution in [0.5, 0.6) is 0 Å². The van der Waals surface area contributed by atoms with Crippen LogP contribution in [0.1, 0.15) is 29.0 Å². The number of nitrogens with zero attached hydrogens (tertiary/aromatic N) is 1. The van der Waals surface area contributed by atoms with E-state index in [1.807, 2.05) is 24.4 Å². The molecule has 2 heterocycles. The molecule has 0 aliphatic rings. The third kappa shape index (κ3) is 3.23. The highest BCUT2D eigenvalue weighted by molar-refractivity contribution is 7.20. The first-order chi connectivity index (χ1) is 10.6. The lowest BCUT2D eigenvalue weighted by atomic mass is 10.1. The van der Waals surface area contributed by atoms with Crippen LogP contribution in [-0.4, -0.2) is 10.9 Å². The van der Waals surface area contributed by atoms with Gasteiger partial charge in [0.2, 0.25) is 0 Å². The minimum absolute atomic E-state index is 0.208. The second-order valence-electron chi connectivity index (χ2n) is 4.76. The second kappa shape index (κ2) is 6.37. The smallest absolute Gasteiger partial charge is 0.271 e. The molecule has 1 N–H and O–H groups in total. The summed E-state index contributed by atoms with van der Waals surface area (Å²) in [6.07, 6.45) is 0. The van der Waals surface area contributed by atoms with E-state index in [1.165, 1.54) is 23.5 Å². The summed E-state index contributed by atoms with van der Waals surface area (Å²) < 4.78 is 12.9. The van der Waals surface area contributed by atoms with Crippen LogP contribution in [-0.2, 0) is 0 Å². The van der Waals surface area contributed by atoms with Crippen molar-refractivity contribution in [1.29, 1.82) is 0 Å². The van der Waals surface area contributed by atoms with Crippen molar-refractivity contribution in [2.75, 3.05) is 0 Å². The van der Waals surface area contributed by atoms with Crippen molar-refractivity contribution in [1.82, 2.24) is 10.3 Å². The van der Waals surface area contributed by atoms with Gasteiger partial charge in [-0.1, -0.05) is 18.2 Å². The highest BCUT2D eigenvalue weighted by Gasteiger charge is 2.15. The topological polar surface area (TPSA) is 42.0 Å². The van der Waals surface area contributed by atoms with Gasteiger partial charge >= 0.3 is 0 Å². The first kappa shape index (κ1) is 14.9. The lowest BCUT2D eigenvalue weighted by molar-refractivity contribution is 0.0935. The molecule has 0 aliphatic carbocycles. The van der Waals surface area contributed by atoms with Crippen LogP contribution in [0.3, 0.4) is 0 Å². The molecule has 0 unspecified atom stereocenters. The number of aromatic nitrogens is 1. The maximum absolute atomic E-state index is 12.9. The average Bonchev–Trinajstić information content (AvgIpc) is 3.19. The van der Waals surface area contributed by atoms with E-state index < -0.39 is 0 Å². The van der Waals surface area contributed by atoms with Crippen molar-refractivity contribution in [3.8, 4) is 9.88 Å². The van der Waals surface area contributed by atoms with Crippen LogP contribution < -0.4 is 5.32 Å². The Labute approximate surface area is 135 Å². The zero-order valence-electron chi connectivity index (χ0n) is 11.7. The lowest BCUT2D eigenvalue weighted by Gasteiger charge is -2.13. The molecule has 6 heteroatoms. The van der Waals surface area contributed by atoms with Crippen molar-refractivity contribution in [2.24, 2.45) is 0 Å². The van der Waals surface area contributed by atoms with Crippen molar-refractivity contribution >= 4 is 28.6 Å². The summed E-state index contributed by atoms with van der Waals surface area (Å²) in [4.78, 5) is 17.7. The molecule has 0 bridgehead atoms. The van der Waals surface area contributed by atoms with Crippen LogP contribution in [0.15, 0.2) is 47.2 Å². The monoisotopic (exact) mass is 332 g/mol. The molecule has 3 aromatic rings. The van der Waals surface area contributed by atoms with E-state index in [4.69, 9.17) is 0 Å². The fourth-order valence-corrected chi connectivity index (χ4v) is 3.61. The molecule has 0 aliphatic heterocycles. The lowest BCUT2D eigenvalue weighted by Crippen LogP contribution is -2.26. The number of hydrogen-bond acceptors (Lipinski definition) is 4. The summed E-state index contributed by atoms with van der Waals surface area (Å²) in [5.74, 6) is -0.516. The molecule has 0 fully saturated rings. The normalized spacial score (nSPS) is 12.1. The van der Waals surface area contributed by atoms with Gasteiger partial charge in [0, 0.05) is 5.38 Å². The zero-order valence-corrected chi connectivity index (χ0v) is 13.4. The predicted octanol–water partition coefficient (Wildman–Crippen LogP) is 4.50. The maximum atomic E-state index is 12.9. The fourth-order valence-electron chi connectivity index (χ4n) is 2.00. The first-order valence-corrected chi connectivity index (χ1v) is 8.45. The van der Waals surface area contributed by atoms with Gasteiger partial charge in [-0.25, -0.2) is 9.37 Å². The molecule has 0 radical (unpaired) electrons. The molecule has 0 saturated carbocycles. The third-order valence-corrected chi connectivity index (χ3v) is 5.07. The molecule has 0 saturated heterocycles. The van der Waals surface area contributed by atoms with Crippen LogP contribution in [0.4, 0.5) is 4.39 Å². The molecule has 1 aromatic carbocycles. The third-order valence-electron chi connectivity index (χ3n) is 3.19. The Morgan fingerprint density at radius 2 is 2.00 bits per heavy atom. The van der Waals surface area contributed by atoms with Crippen molar-refractivity contribution in [3.63, 3.8) is 0 Å². The van der Waals surface area contributed by atoms with Gasteiger partial charge in [0.1, 0.15) is 16.5 Å². The number of carbonyl (C=O) groups is 1. The summed E-state index contributed by atoms with van der Waals surface area (Å²) in [6.45, 7) is 1.86. The standard InChI is InChI=1S/C16H13FN2OS2/c1-10(11-4-6-12(17)7-5-11)18-15(20)13-9-22-16(19-13)14-3-2-8-21-14/h2-10H,1H3,(H,18,20)/t10-/m0/s1. The summed E-state index contributed by atoms with van der Waals surface area (Å²) in [7, 11) is 0. The van der Waals surface area contributed by atoms with E-state index in [2.05, 4.69) is 10.3 Å².